The number of hydrogen-bond acceptors (Lipinski definition) is 7. The monoisotopic (exact) mass is 527 g/mol. The van der Waals surface area contributed by atoms with Crippen molar-refractivity contribution in [3.63, 3.8) is 0 Å². The van der Waals surface area contributed by atoms with Gasteiger partial charge in [-0.1, -0.05) is 25.5 Å². The van der Waals surface area contributed by atoms with E-state index in [4.69, 9.17) is 9.47 Å². The summed E-state index contributed by atoms with van der Waals surface area (Å²) in [5.41, 5.74) is 3.91. The van der Waals surface area contributed by atoms with Crippen LogP contribution in [0.1, 0.15) is 35.7 Å². The number of fused-ring (bicyclic) bond motifs is 1. The van der Waals surface area contributed by atoms with Gasteiger partial charge in [-0.2, -0.15) is 0 Å². The van der Waals surface area contributed by atoms with Gasteiger partial charge in [0.05, 0.1) is 52.4 Å². The molecule has 4 rings (SSSR count). The Labute approximate surface area is 213 Å². The highest BCUT2D eigenvalue weighted by Crippen LogP contribution is 2.30. The van der Waals surface area contributed by atoms with Crippen molar-refractivity contribution in [1.29, 1.82) is 0 Å². The van der Waals surface area contributed by atoms with Gasteiger partial charge in [0.25, 0.3) is 10.0 Å². The number of ether oxygens (including phenoxy) is 2. The number of aromatic nitrogens is 3. The van der Waals surface area contributed by atoms with Gasteiger partial charge in [0.2, 0.25) is 5.16 Å². The number of pyridine rings is 1. The second-order valence-electron chi connectivity index (χ2n) is 8.45. The van der Waals surface area contributed by atoms with E-state index in [1.165, 1.54) is 7.11 Å². The highest BCUT2D eigenvalue weighted by Gasteiger charge is 2.28. The van der Waals surface area contributed by atoms with Crippen molar-refractivity contribution in [3.8, 4) is 11.5 Å². The normalized spacial score (nSPS) is 12.6. The van der Waals surface area contributed by atoms with Crippen molar-refractivity contribution in [2.75, 3.05) is 14.2 Å². The van der Waals surface area contributed by atoms with E-state index in [0.717, 1.165) is 33.5 Å². The largest absolute Gasteiger partial charge is 0.497 e. The molecule has 0 spiro atoms. The predicted molar refractivity (Wildman–Crippen MR) is 140 cm³/mol. The Bertz CT molecular complexity index is 1540. The maximum absolute atomic E-state index is 13.8. The molecule has 0 aliphatic rings. The van der Waals surface area contributed by atoms with Crippen LogP contribution in [-0.4, -0.2) is 40.8 Å². The maximum atomic E-state index is 13.8. The van der Waals surface area contributed by atoms with Crippen LogP contribution in [0.3, 0.4) is 0 Å². The number of hydrogen-bond donors (Lipinski definition) is 0. The molecular weight excluding hydrogens is 498 g/mol. The summed E-state index contributed by atoms with van der Waals surface area (Å²) in [6, 6.07) is 11.7. The molecule has 0 saturated carbocycles. The SMILES string of the molecule is CCCc1ccc(S(=O)(=O)n2c(S(=O)Cc3ncc(C)c(OC)c3C)nc3cc(OC)ccc32)cc1. The van der Waals surface area contributed by atoms with Gasteiger partial charge < -0.3 is 9.47 Å². The molecule has 1 unspecified atom stereocenters. The van der Waals surface area contributed by atoms with Crippen molar-refractivity contribution in [2.24, 2.45) is 0 Å². The lowest BCUT2D eigenvalue weighted by molar-refractivity contribution is 0.407. The topological polar surface area (TPSA) is 100 Å². The molecule has 0 aliphatic heterocycles. The van der Waals surface area contributed by atoms with Gasteiger partial charge in [-0.3, -0.25) is 9.19 Å². The highest BCUT2D eigenvalue weighted by molar-refractivity contribution is 7.91. The molecule has 2 heterocycles. The fraction of sp³-hybridized carbons (Fsp3) is 0.308. The van der Waals surface area contributed by atoms with Crippen LogP contribution in [0.2, 0.25) is 0 Å². The van der Waals surface area contributed by atoms with Crippen LogP contribution in [0.5, 0.6) is 11.5 Å². The lowest BCUT2D eigenvalue weighted by atomic mass is 10.1. The second-order valence-corrected chi connectivity index (χ2v) is 11.6. The smallest absolute Gasteiger partial charge is 0.270 e. The van der Waals surface area contributed by atoms with Crippen molar-refractivity contribution < 1.29 is 22.1 Å². The van der Waals surface area contributed by atoms with Crippen molar-refractivity contribution in [2.45, 2.75) is 49.4 Å². The van der Waals surface area contributed by atoms with Gasteiger partial charge in [0.15, 0.2) is 0 Å². The van der Waals surface area contributed by atoms with Gasteiger partial charge in [-0.15, -0.1) is 0 Å². The summed E-state index contributed by atoms with van der Waals surface area (Å²) in [6.45, 7) is 5.79. The molecule has 2 aromatic carbocycles. The van der Waals surface area contributed by atoms with E-state index < -0.39 is 20.8 Å². The van der Waals surface area contributed by atoms with E-state index in [9.17, 15) is 12.6 Å². The third-order valence-electron chi connectivity index (χ3n) is 6.01. The number of rotatable bonds is 9. The predicted octanol–water partition coefficient (Wildman–Crippen LogP) is 4.56. The molecule has 0 amide bonds. The van der Waals surface area contributed by atoms with Gasteiger partial charge >= 0.3 is 0 Å². The van der Waals surface area contributed by atoms with E-state index in [2.05, 4.69) is 16.9 Å². The number of aryl methyl sites for hydroxylation is 2. The fourth-order valence-corrected chi connectivity index (χ4v) is 7.19. The molecule has 0 radical (unpaired) electrons. The lowest BCUT2D eigenvalue weighted by Crippen LogP contribution is -2.18. The van der Waals surface area contributed by atoms with Crippen LogP contribution in [-0.2, 0) is 33.0 Å². The standard InChI is InChI=1S/C26H29N3O5S2/c1-6-7-19-8-11-21(12-9-19)36(31,32)29-24-13-10-20(33-4)14-22(24)28-26(29)35(30)16-23-18(3)25(34-5)17(2)15-27-23/h8-15H,6-7,16H2,1-5H3. The lowest BCUT2D eigenvalue weighted by Gasteiger charge is -2.13. The van der Waals surface area contributed by atoms with E-state index in [1.807, 2.05) is 13.8 Å². The van der Waals surface area contributed by atoms with E-state index in [0.29, 0.717) is 28.2 Å². The summed E-state index contributed by atoms with van der Waals surface area (Å²) < 4.78 is 53.2. The van der Waals surface area contributed by atoms with Crippen molar-refractivity contribution >= 4 is 31.9 Å². The van der Waals surface area contributed by atoms with E-state index >= 15 is 0 Å². The molecule has 36 heavy (non-hydrogen) atoms. The van der Waals surface area contributed by atoms with Crippen LogP contribution in [0.4, 0.5) is 0 Å². The molecule has 0 saturated heterocycles. The number of methoxy groups -OCH3 is 2. The molecule has 0 bridgehead atoms. The molecule has 0 N–H and O–H groups in total. The summed E-state index contributed by atoms with van der Waals surface area (Å²) >= 11 is 0. The fourth-order valence-electron chi connectivity index (χ4n) is 4.15. The van der Waals surface area contributed by atoms with Crippen LogP contribution >= 0.6 is 0 Å². The average molecular weight is 528 g/mol. The number of nitrogens with zero attached hydrogens (tertiary/aromatic N) is 3. The minimum Gasteiger partial charge on any atom is -0.497 e. The zero-order valence-corrected chi connectivity index (χ0v) is 22.6. The first-order valence-corrected chi connectivity index (χ1v) is 14.3. The molecule has 10 heteroatoms. The average Bonchev–Trinajstić information content (AvgIpc) is 3.26. The zero-order valence-electron chi connectivity index (χ0n) is 20.9. The number of benzene rings is 2. The quantitative estimate of drug-likeness (QED) is 0.314. The molecule has 2 aromatic heterocycles. The summed E-state index contributed by atoms with van der Waals surface area (Å²) in [6.07, 6.45) is 3.47. The molecule has 1 atom stereocenters. The minimum absolute atomic E-state index is 0.0200. The molecular formula is C26H29N3O5S2. The molecule has 4 aromatic rings. The Morgan fingerprint density at radius 2 is 1.75 bits per heavy atom. The summed E-state index contributed by atoms with van der Waals surface area (Å²) in [7, 11) is -2.83. The molecule has 0 fully saturated rings. The van der Waals surface area contributed by atoms with Crippen LogP contribution in [0, 0.1) is 13.8 Å². The Balaban J connectivity index is 1.85. The van der Waals surface area contributed by atoms with Crippen LogP contribution < -0.4 is 9.47 Å². The van der Waals surface area contributed by atoms with Gasteiger partial charge in [0, 0.05) is 23.4 Å². The molecule has 0 aliphatic carbocycles. The Kier molecular flexibility index (Phi) is 7.46. The maximum Gasteiger partial charge on any atom is 0.270 e. The van der Waals surface area contributed by atoms with Crippen molar-refractivity contribution in [3.05, 3.63) is 71.0 Å². The summed E-state index contributed by atoms with van der Waals surface area (Å²) in [4.78, 5) is 9.02. The van der Waals surface area contributed by atoms with E-state index in [-0.39, 0.29) is 15.8 Å². The Morgan fingerprint density at radius 1 is 1.03 bits per heavy atom. The summed E-state index contributed by atoms with van der Waals surface area (Å²) in [5.74, 6) is 1.16. The van der Waals surface area contributed by atoms with Crippen molar-refractivity contribution in [1.82, 2.24) is 13.9 Å². The third kappa shape index (κ3) is 4.75. The van der Waals surface area contributed by atoms with Gasteiger partial charge in [-0.25, -0.2) is 17.4 Å². The van der Waals surface area contributed by atoms with Crippen LogP contribution in [0.25, 0.3) is 11.0 Å². The number of imidazole rings is 1. The first kappa shape index (κ1) is 25.8. The van der Waals surface area contributed by atoms with E-state index in [1.54, 1.807) is 55.8 Å². The highest BCUT2D eigenvalue weighted by atomic mass is 32.2. The Morgan fingerprint density at radius 3 is 2.39 bits per heavy atom. The second kappa shape index (κ2) is 10.4. The zero-order chi connectivity index (χ0) is 26.0. The van der Waals surface area contributed by atoms with Crippen LogP contribution in [0.15, 0.2) is 58.7 Å². The minimum atomic E-state index is -4.10. The third-order valence-corrected chi connectivity index (χ3v) is 9.06. The first-order chi connectivity index (χ1) is 17.2. The first-order valence-electron chi connectivity index (χ1n) is 11.5. The molecule has 190 valence electrons. The molecule has 8 nitrogen and oxygen atoms in total. The van der Waals surface area contributed by atoms with Gasteiger partial charge in [0.1, 0.15) is 11.5 Å². The Hall–Kier alpha value is -3.24. The summed E-state index contributed by atoms with van der Waals surface area (Å²) in [5, 5.41) is -0.0726. The van der Waals surface area contributed by atoms with Gasteiger partial charge in [-0.05, 0) is 50.1 Å².